The summed E-state index contributed by atoms with van der Waals surface area (Å²) in [6.45, 7) is 3.55. The number of nitrogens with one attached hydrogen (secondary N) is 2. The number of halogens is 3. The van der Waals surface area contributed by atoms with Crippen molar-refractivity contribution in [3.05, 3.63) is 41.6 Å². The van der Waals surface area contributed by atoms with Gasteiger partial charge in [0, 0.05) is 24.7 Å². The Hall–Kier alpha value is -2.15. The number of para-hydroxylation sites is 1. The summed E-state index contributed by atoms with van der Waals surface area (Å²) in [5.41, 5.74) is -1.19. The van der Waals surface area contributed by atoms with Crippen LogP contribution in [0.5, 0.6) is 0 Å². The second-order valence-corrected chi connectivity index (χ2v) is 5.07. The van der Waals surface area contributed by atoms with Gasteiger partial charge in [-0.2, -0.15) is 13.2 Å². The van der Waals surface area contributed by atoms with E-state index in [2.05, 4.69) is 15.6 Å². The maximum absolute atomic E-state index is 13.4. The van der Waals surface area contributed by atoms with Crippen LogP contribution in [0, 0.1) is 0 Å². The zero-order valence-electron chi connectivity index (χ0n) is 12.7. The summed E-state index contributed by atoms with van der Waals surface area (Å²) in [7, 11) is 0. The molecule has 7 heteroatoms. The molecule has 124 valence electrons. The van der Waals surface area contributed by atoms with Crippen molar-refractivity contribution in [3.63, 3.8) is 0 Å². The van der Waals surface area contributed by atoms with Gasteiger partial charge in [-0.1, -0.05) is 25.1 Å². The molecular formula is C16H18F3N3O. The molecule has 0 saturated carbocycles. The average Bonchev–Trinajstić information content (AvgIpc) is 2.52. The highest BCUT2D eigenvalue weighted by atomic mass is 19.4. The van der Waals surface area contributed by atoms with Gasteiger partial charge >= 0.3 is 6.18 Å². The Morgan fingerprint density at radius 2 is 1.91 bits per heavy atom. The van der Waals surface area contributed by atoms with E-state index in [9.17, 15) is 18.0 Å². The topological polar surface area (TPSA) is 54.0 Å². The summed E-state index contributed by atoms with van der Waals surface area (Å²) in [5.74, 6) is -0.770. The third-order valence-corrected chi connectivity index (χ3v) is 3.32. The van der Waals surface area contributed by atoms with Crippen LogP contribution < -0.4 is 10.6 Å². The Morgan fingerprint density at radius 1 is 1.17 bits per heavy atom. The van der Waals surface area contributed by atoms with E-state index in [4.69, 9.17) is 0 Å². The van der Waals surface area contributed by atoms with E-state index >= 15 is 0 Å². The molecule has 1 heterocycles. The number of pyridine rings is 1. The van der Waals surface area contributed by atoms with Crippen LogP contribution in [0.3, 0.4) is 0 Å². The highest BCUT2D eigenvalue weighted by molar-refractivity contribution is 6.00. The first-order chi connectivity index (χ1) is 10.9. The molecule has 0 aliphatic heterocycles. The van der Waals surface area contributed by atoms with Crippen LogP contribution in [0.2, 0.25) is 0 Å². The van der Waals surface area contributed by atoms with Crippen LogP contribution in [0.4, 0.5) is 13.2 Å². The molecule has 0 radical (unpaired) electrons. The zero-order chi connectivity index (χ0) is 16.9. The van der Waals surface area contributed by atoms with Gasteiger partial charge in [-0.3, -0.25) is 9.78 Å². The van der Waals surface area contributed by atoms with Gasteiger partial charge in [-0.25, -0.2) is 0 Å². The first kappa shape index (κ1) is 17.2. The quantitative estimate of drug-likeness (QED) is 0.803. The molecule has 4 nitrogen and oxygen atoms in total. The molecule has 0 atom stereocenters. The molecule has 1 aromatic heterocycles. The molecule has 0 fully saturated rings. The molecule has 2 rings (SSSR count). The number of rotatable bonds is 6. The summed E-state index contributed by atoms with van der Waals surface area (Å²) < 4.78 is 40.2. The first-order valence-electron chi connectivity index (χ1n) is 7.39. The molecule has 1 amide bonds. The fourth-order valence-electron chi connectivity index (χ4n) is 2.28. The number of hydrogen-bond acceptors (Lipinski definition) is 3. The lowest BCUT2D eigenvalue weighted by molar-refractivity contribution is -0.136. The summed E-state index contributed by atoms with van der Waals surface area (Å²) in [5, 5.41) is 5.48. The third kappa shape index (κ3) is 4.19. The molecule has 0 aliphatic rings. The zero-order valence-corrected chi connectivity index (χ0v) is 12.7. The van der Waals surface area contributed by atoms with Crippen molar-refractivity contribution in [3.8, 4) is 0 Å². The van der Waals surface area contributed by atoms with Gasteiger partial charge in [0.2, 0.25) is 0 Å². The van der Waals surface area contributed by atoms with Crippen molar-refractivity contribution >= 4 is 16.8 Å². The van der Waals surface area contributed by atoms with E-state index in [-0.39, 0.29) is 17.4 Å². The molecule has 0 aliphatic carbocycles. The summed E-state index contributed by atoms with van der Waals surface area (Å²) in [6.07, 6.45) is -2.70. The molecule has 0 bridgehead atoms. The number of carbonyl (C=O) groups is 1. The number of carbonyl (C=O) groups excluding carboxylic acids is 1. The minimum Gasteiger partial charge on any atom is -0.351 e. The van der Waals surface area contributed by atoms with E-state index in [0.717, 1.165) is 19.2 Å². The van der Waals surface area contributed by atoms with Gasteiger partial charge in [0.05, 0.1) is 16.6 Å². The number of amides is 1. The molecule has 2 N–H and O–H groups in total. The largest absolute Gasteiger partial charge is 0.417 e. The second-order valence-electron chi connectivity index (χ2n) is 5.07. The molecule has 2 aromatic rings. The first-order valence-corrected chi connectivity index (χ1v) is 7.39. The highest BCUT2D eigenvalue weighted by Crippen LogP contribution is 2.36. The fourth-order valence-corrected chi connectivity index (χ4v) is 2.28. The van der Waals surface area contributed by atoms with E-state index in [1.54, 1.807) is 6.07 Å². The van der Waals surface area contributed by atoms with E-state index in [1.165, 1.54) is 18.2 Å². The second kappa shape index (κ2) is 7.41. The lowest BCUT2D eigenvalue weighted by Gasteiger charge is -2.15. The van der Waals surface area contributed by atoms with Crippen molar-refractivity contribution in [2.24, 2.45) is 0 Å². The van der Waals surface area contributed by atoms with Crippen LogP contribution in [-0.4, -0.2) is 30.5 Å². The van der Waals surface area contributed by atoms with Gasteiger partial charge < -0.3 is 10.6 Å². The van der Waals surface area contributed by atoms with Crippen LogP contribution in [0.25, 0.3) is 10.9 Å². The standard InChI is InChI=1S/C16H18F3N3O/c1-2-7-20-8-9-21-15(23)12-10-22-13-6-4-3-5-11(13)14(12)16(17,18)19/h3-6,10,20H,2,7-9H2,1H3,(H,21,23). The SMILES string of the molecule is CCCNCCNC(=O)c1cnc2ccccc2c1C(F)(F)F. The summed E-state index contributed by atoms with van der Waals surface area (Å²) in [6, 6.07) is 5.91. The van der Waals surface area contributed by atoms with E-state index in [0.29, 0.717) is 6.54 Å². The lowest BCUT2D eigenvalue weighted by Crippen LogP contribution is -2.33. The molecule has 23 heavy (non-hydrogen) atoms. The minimum atomic E-state index is -4.63. The highest BCUT2D eigenvalue weighted by Gasteiger charge is 2.37. The molecule has 0 saturated heterocycles. The fraction of sp³-hybridized carbons (Fsp3) is 0.375. The van der Waals surface area contributed by atoms with Crippen molar-refractivity contribution in [2.45, 2.75) is 19.5 Å². The average molecular weight is 325 g/mol. The van der Waals surface area contributed by atoms with Crippen molar-refractivity contribution in [2.75, 3.05) is 19.6 Å². The van der Waals surface area contributed by atoms with Crippen LogP contribution in [-0.2, 0) is 6.18 Å². The number of nitrogens with zero attached hydrogens (tertiary/aromatic N) is 1. The lowest BCUT2D eigenvalue weighted by atomic mass is 10.0. The third-order valence-electron chi connectivity index (χ3n) is 3.32. The van der Waals surface area contributed by atoms with Crippen molar-refractivity contribution < 1.29 is 18.0 Å². The maximum atomic E-state index is 13.4. The smallest absolute Gasteiger partial charge is 0.351 e. The van der Waals surface area contributed by atoms with Gasteiger partial charge in [-0.05, 0) is 19.0 Å². The maximum Gasteiger partial charge on any atom is 0.417 e. The predicted octanol–water partition coefficient (Wildman–Crippen LogP) is 2.98. The van der Waals surface area contributed by atoms with Gasteiger partial charge in [0.1, 0.15) is 0 Å². The molecular weight excluding hydrogens is 307 g/mol. The Bertz CT molecular complexity index is 686. The van der Waals surface area contributed by atoms with Crippen LogP contribution in [0.15, 0.2) is 30.5 Å². The summed E-state index contributed by atoms with van der Waals surface area (Å²) >= 11 is 0. The Balaban J connectivity index is 2.27. The number of aromatic nitrogens is 1. The Morgan fingerprint density at radius 3 is 2.61 bits per heavy atom. The Kier molecular flexibility index (Phi) is 5.54. The number of hydrogen-bond donors (Lipinski definition) is 2. The number of alkyl halides is 3. The minimum absolute atomic E-state index is 0.0724. The van der Waals surface area contributed by atoms with E-state index < -0.39 is 23.2 Å². The molecule has 0 spiro atoms. The van der Waals surface area contributed by atoms with Gasteiger partial charge in [0.25, 0.3) is 5.91 Å². The van der Waals surface area contributed by atoms with Crippen molar-refractivity contribution in [1.82, 2.24) is 15.6 Å². The van der Waals surface area contributed by atoms with Crippen molar-refractivity contribution in [1.29, 1.82) is 0 Å². The van der Waals surface area contributed by atoms with Gasteiger partial charge in [0.15, 0.2) is 0 Å². The number of benzene rings is 1. The number of fused-ring (bicyclic) bond motifs is 1. The van der Waals surface area contributed by atoms with Crippen LogP contribution >= 0.6 is 0 Å². The van der Waals surface area contributed by atoms with Gasteiger partial charge in [-0.15, -0.1) is 0 Å². The Labute approximate surface area is 132 Å². The monoisotopic (exact) mass is 325 g/mol. The van der Waals surface area contributed by atoms with E-state index in [1.807, 2.05) is 6.92 Å². The normalized spacial score (nSPS) is 11.7. The predicted molar refractivity (Wildman–Crippen MR) is 82.2 cm³/mol. The molecule has 1 aromatic carbocycles. The molecule has 0 unspecified atom stereocenters. The van der Waals surface area contributed by atoms with Crippen LogP contribution in [0.1, 0.15) is 29.3 Å². The summed E-state index contributed by atoms with van der Waals surface area (Å²) in [4.78, 5) is 16.1.